The molecule has 11 nitrogen and oxygen atoms in total. The van der Waals surface area contributed by atoms with Crippen LogP contribution in [0, 0.1) is 0 Å². The van der Waals surface area contributed by atoms with Gasteiger partial charge in [0.25, 0.3) is 0 Å². The molecule has 2 N–H and O–H groups in total. The molecule has 2 aliphatic heterocycles. The van der Waals surface area contributed by atoms with Crippen LogP contribution >= 0.6 is 0 Å². The summed E-state index contributed by atoms with van der Waals surface area (Å²) in [6, 6.07) is 0. The molecule has 202 valence electrons. The molecule has 0 spiro atoms. The van der Waals surface area contributed by atoms with Gasteiger partial charge >= 0.3 is 12.4 Å². The van der Waals surface area contributed by atoms with Crippen molar-refractivity contribution < 1.29 is 41.0 Å². The summed E-state index contributed by atoms with van der Waals surface area (Å²) in [5.41, 5.74) is -0.363. The summed E-state index contributed by atoms with van der Waals surface area (Å²) in [5, 5.41) is 17.0. The molecule has 1 saturated heterocycles. The molecule has 1 fully saturated rings. The maximum atomic E-state index is 13.3. The Bertz CT molecular complexity index is 1130. The van der Waals surface area contributed by atoms with Crippen molar-refractivity contribution in [2.45, 2.75) is 31.5 Å². The largest absolute Gasteiger partial charge is 0.435 e. The van der Waals surface area contributed by atoms with E-state index >= 15 is 0 Å². The minimum absolute atomic E-state index is 0.0320. The Hall–Kier alpha value is -3.47. The predicted molar refractivity (Wildman–Crippen MR) is 114 cm³/mol. The van der Waals surface area contributed by atoms with E-state index < -0.39 is 35.4 Å². The van der Waals surface area contributed by atoms with Gasteiger partial charge in [0, 0.05) is 51.7 Å². The van der Waals surface area contributed by atoms with Crippen molar-refractivity contribution in [2.75, 3.05) is 44.3 Å². The average Bonchev–Trinajstić information content (AvgIpc) is 3.24. The van der Waals surface area contributed by atoms with Gasteiger partial charge in [0.15, 0.2) is 11.9 Å². The maximum absolute atomic E-state index is 13.3. The number of carbonyl (C=O) groups excluding carboxylic acids is 1. The zero-order valence-electron chi connectivity index (χ0n) is 19.1. The number of fused-ring (bicyclic) bond motifs is 1. The number of aliphatic hydroxyl groups is 1. The van der Waals surface area contributed by atoms with Crippen LogP contribution in [0.2, 0.25) is 0 Å². The summed E-state index contributed by atoms with van der Waals surface area (Å²) in [4.78, 5) is 23.1. The number of rotatable bonds is 7. The minimum Gasteiger partial charge on any atom is -0.372 e. The van der Waals surface area contributed by atoms with E-state index in [-0.39, 0.29) is 43.7 Å². The second kappa shape index (κ2) is 10.5. The van der Waals surface area contributed by atoms with E-state index in [1.165, 1.54) is 4.90 Å². The van der Waals surface area contributed by atoms with Gasteiger partial charge in [-0.05, 0) is 6.42 Å². The molecule has 0 saturated carbocycles. The lowest BCUT2D eigenvalue weighted by Gasteiger charge is -2.34. The molecule has 0 aromatic carbocycles. The van der Waals surface area contributed by atoms with E-state index in [1.54, 1.807) is 4.90 Å². The molecule has 1 unspecified atom stereocenters. The molecule has 4 rings (SSSR count). The van der Waals surface area contributed by atoms with Crippen LogP contribution in [0.3, 0.4) is 0 Å². The lowest BCUT2D eigenvalue weighted by molar-refractivity contribution is -0.143. The van der Waals surface area contributed by atoms with E-state index in [1.807, 2.05) is 0 Å². The molecule has 2 aliphatic rings. The van der Waals surface area contributed by atoms with Gasteiger partial charge in [0.1, 0.15) is 6.61 Å². The second-order valence-electron chi connectivity index (χ2n) is 8.20. The summed E-state index contributed by atoms with van der Waals surface area (Å²) < 4.78 is 84.2. The highest BCUT2D eigenvalue weighted by Gasteiger charge is 2.41. The first-order valence-corrected chi connectivity index (χ1v) is 11.1. The normalized spacial score (nSPS) is 18.1. The van der Waals surface area contributed by atoms with Gasteiger partial charge in [0.05, 0.1) is 23.0 Å². The predicted octanol–water partition coefficient (Wildman–Crippen LogP) is 1.39. The number of amides is 1. The molecule has 1 amide bonds. The molecule has 1 atom stereocenters. The van der Waals surface area contributed by atoms with Gasteiger partial charge in [-0.1, -0.05) is 0 Å². The van der Waals surface area contributed by atoms with Crippen molar-refractivity contribution in [3.05, 3.63) is 34.9 Å². The van der Waals surface area contributed by atoms with Crippen LogP contribution in [-0.2, 0) is 28.4 Å². The lowest BCUT2D eigenvalue weighted by atomic mass is 10.1. The third-order valence-electron chi connectivity index (χ3n) is 5.72. The van der Waals surface area contributed by atoms with Crippen LogP contribution in [0.4, 0.5) is 32.3 Å². The molecule has 0 radical (unpaired) electrons. The first-order chi connectivity index (χ1) is 17.4. The number of hydrazone groups is 1. The Kier molecular flexibility index (Phi) is 7.54. The van der Waals surface area contributed by atoms with Crippen LogP contribution in [0.15, 0.2) is 17.5 Å². The van der Waals surface area contributed by atoms with Crippen LogP contribution < -0.4 is 10.3 Å². The van der Waals surface area contributed by atoms with Crippen molar-refractivity contribution in [1.82, 2.24) is 30.1 Å². The molecule has 37 heavy (non-hydrogen) atoms. The number of nitrogens with one attached hydrogen (secondary N) is 1. The number of nitrogens with zero attached hydrogens (tertiary/aromatic N) is 7. The fraction of sp³-hybridized carbons (Fsp3) is 0.550. The number of carbonyl (C=O) groups is 1. The average molecular weight is 536 g/mol. The van der Waals surface area contributed by atoms with Crippen LogP contribution in [0.25, 0.3) is 0 Å². The number of aliphatic hydroxyl groups excluding tert-OH is 1. The number of hydrogen-bond acceptors (Lipinski definition) is 9. The smallest absolute Gasteiger partial charge is 0.372 e. The Balaban J connectivity index is 1.21. The summed E-state index contributed by atoms with van der Waals surface area (Å²) in [6.07, 6.45) is -8.11. The lowest BCUT2D eigenvalue weighted by Crippen LogP contribution is -2.50. The fourth-order valence-corrected chi connectivity index (χ4v) is 3.86. The number of aryl methyl sites for hydroxylation is 1. The molecule has 2 aromatic rings. The number of ether oxygens (including phenoxy) is 1. The third kappa shape index (κ3) is 6.10. The SMILES string of the molecule is O=C(COCCCn1nc(C(F)(F)F)c2c1C=NNC2O)N1CCN(c2ncc(C(F)(F)F)cn2)CC1. The van der Waals surface area contributed by atoms with Gasteiger partial charge in [0.2, 0.25) is 11.9 Å². The van der Waals surface area contributed by atoms with Gasteiger partial charge < -0.3 is 19.6 Å². The summed E-state index contributed by atoms with van der Waals surface area (Å²) >= 11 is 0. The van der Waals surface area contributed by atoms with Gasteiger partial charge in [-0.3, -0.25) is 14.9 Å². The van der Waals surface area contributed by atoms with E-state index in [4.69, 9.17) is 4.74 Å². The number of piperazine rings is 1. The Morgan fingerprint density at radius 2 is 1.76 bits per heavy atom. The number of aromatic nitrogens is 4. The van der Waals surface area contributed by atoms with Crippen LogP contribution in [0.5, 0.6) is 0 Å². The van der Waals surface area contributed by atoms with Gasteiger partial charge in [-0.2, -0.15) is 36.5 Å². The summed E-state index contributed by atoms with van der Waals surface area (Å²) in [6.45, 7) is 1.10. The van der Waals surface area contributed by atoms with E-state index in [9.17, 15) is 36.2 Å². The highest BCUT2D eigenvalue weighted by Crippen LogP contribution is 2.35. The van der Waals surface area contributed by atoms with Gasteiger partial charge in [-0.25, -0.2) is 9.97 Å². The highest BCUT2D eigenvalue weighted by molar-refractivity contribution is 5.81. The number of alkyl halides is 6. The van der Waals surface area contributed by atoms with E-state index in [0.29, 0.717) is 38.6 Å². The Labute approximate surface area is 205 Å². The van der Waals surface area contributed by atoms with E-state index in [0.717, 1.165) is 10.9 Å². The molecule has 0 bridgehead atoms. The highest BCUT2D eigenvalue weighted by atomic mass is 19.4. The molecular weight excluding hydrogens is 514 g/mol. The second-order valence-corrected chi connectivity index (χ2v) is 8.20. The number of halogens is 6. The first-order valence-electron chi connectivity index (χ1n) is 11.1. The zero-order chi connectivity index (χ0) is 26.8. The molecule has 4 heterocycles. The fourth-order valence-electron chi connectivity index (χ4n) is 3.86. The molecule has 2 aromatic heterocycles. The zero-order valence-corrected chi connectivity index (χ0v) is 19.1. The molecule has 0 aliphatic carbocycles. The van der Waals surface area contributed by atoms with Crippen molar-refractivity contribution in [2.24, 2.45) is 5.10 Å². The Morgan fingerprint density at radius 3 is 2.38 bits per heavy atom. The molecular formula is C20H22F6N8O3. The van der Waals surface area contributed by atoms with Crippen molar-refractivity contribution in [3.8, 4) is 0 Å². The number of hydrogen-bond donors (Lipinski definition) is 2. The standard InChI is InChI=1S/C20H22F6N8O3/c21-19(22,23)12-8-27-18(28-9-12)33-5-3-32(4-6-33)14(35)11-37-7-1-2-34-13-10-29-30-17(36)15(13)16(31-34)20(24,25)26/h8-10,17,30,36H,1-7,11H2. The first kappa shape index (κ1) is 26.6. The molecule has 17 heteroatoms. The Morgan fingerprint density at radius 1 is 1.08 bits per heavy atom. The monoisotopic (exact) mass is 536 g/mol. The quantitative estimate of drug-likeness (QED) is 0.403. The summed E-state index contributed by atoms with van der Waals surface area (Å²) in [5.74, 6) is -0.163. The van der Waals surface area contributed by atoms with Gasteiger partial charge in [-0.15, -0.1) is 0 Å². The van der Waals surface area contributed by atoms with Crippen molar-refractivity contribution in [3.63, 3.8) is 0 Å². The third-order valence-corrected chi connectivity index (χ3v) is 5.72. The van der Waals surface area contributed by atoms with Crippen LogP contribution in [-0.4, -0.2) is 81.3 Å². The van der Waals surface area contributed by atoms with Crippen molar-refractivity contribution in [1.29, 1.82) is 0 Å². The van der Waals surface area contributed by atoms with Crippen molar-refractivity contribution >= 4 is 18.1 Å². The number of anilines is 1. The van der Waals surface area contributed by atoms with E-state index in [2.05, 4.69) is 25.6 Å². The minimum atomic E-state index is -4.76. The van der Waals surface area contributed by atoms with Crippen LogP contribution in [0.1, 0.15) is 35.2 Å². The maximum Gasteiger partial charge on any atom is 0.435 e. The summed E-state index contributed by atoms with van der Waals surface area (Å²) in [7, 11) is 0. The topological polar surface area (TPSA) is 121 Å².